The average molecular weight is 415 g/mol. The number of nitrogens with zero attached hydrogens (tertiary/aromatic N) is 2. The van der Waals surface area contributed by atoms with Crippen molar-refractivity contribution in [1.29, 1.82) is 0 Å². The number of carbonyl (C=O) groups is 1. The van der Waals surface area contributed by atoms with Crippen LogP contribution < -0.4 is 10.9 Å². The molecule has 3 aromatic heterocycles. The fraction of sp³-hybridized carbons (Fsp3) is 0.105. The molecule has 1 amide bonds. The van der Waals surface area contributed by atoms with E-state index in [-0.39, 0.29) is 29.6 Å². The molecule has 0 aliphatic carbocycles. The van der Waals surface area contributed by atoms with Gasteiger partial charge in [-0.05, 0) is 47.8 Å². The van der Waals surface area contributed by atoms with Crippen LogP contribution in [0.2, 0.25) is 0 Å². The lowest BCUT2D eigenvalue weighted by atomic mass is 10.3. The third-order valence-corrected chi connectivity index (χ3v) is 5.75. The summed E-state index contributed by atoms with van der Waals surface area (Å²) in [5, 5.41) is 4.94. The van der Waals surface area contributed by atoms with E-state index in [2.05, 4.69) is 10.3 Å². The smallest absolute Gasteiger partial charge is 0.272 e. The predicted molar refractivity (Wildman–Crippen MR) is 107 cm³/mol. The molecular formula is C19H14FN3O3S2. The number of benzene rings is 1. The summed E-state index contributed by atoms with van der Waals surface area (Å²) in [5.74, 6) is 0.0262. The van der Waals surface area contributed by atoms with E-state index in [0.717, 1.165) is 11.8 Å². The number of nitrogens with one attached hydrogen (secondary N) is 1. The molecule has 0 saturated carbocycles. The Morgan fingerprint density at radius 2 is 2.07 bits per heavy atom. The van der Waals surface area contributed by atoms with Gasteiger partial charge in [-0.1, -0.05) is 11.8 Å². The second kappa shape index (κ2) is 7.99. The standard InChI is InChI=1S/C19H14FN3O3S2/c20-12-3-5-13(6-4-12)21-16(24)11-28-19-22-15-7-9-27-17(15)18(25)23(19)10-14-2-1-8-26-14/h1-9H,10-11H2,(H,21,24). The van der Waals surface area contributed by atoms with Crippen LogP contribution in [-0.2, 0) is 11.3 Å². The van der Waals surface area contributed by atoms with Crippen molar-refractivity contribution in [2.24, 2.45) is 0 Å². The minimum absolute atomic E-state index is 0.0532. The summed E-state index contributed by atoms with van der Waals surface area (Å²) >= 11 is 2.49. The lowest BCUT2D eigenvalue weighted by Gasteiger charge is -2.11. The molecule has 28 heavy (non-hydrogen) atoms. The van der Waals surface area contributed by atoms with Gasteiger partial charge in [-0.15, -0.1) is 11.3 Å². The normalized spacial score (nSPS) is 11.0. The van der Waals surface area contributed by atoms with Gasteiger partial charge in [0.2, 0.25) is 5.91 Å². The molecule has 0 radical (unpaired) electrons. The van der Waals surface area contributed by atoms with E-state index in [0.29, 0.717) is 26.8 Å². The Morgan fingerprint density at radius 3 is 2.82 bits per heavy atom. The number of hydrogen-bond donors (Lipinski definition) is 1. The maximum Gasteiger partial charge on any atom is 0.272 e. The number of furan rings is 1. The van der Waals surface area contributed by atoms with Gasteiger partial charge in [0.25, 0.3) is 5.56 Å². The van der Waals surface area contributed by atoms with Gasteiger partial charge in [-0.2, -0.15) is 0 Å². The van der Waals surface area contributed by atoms with Gasteiger partial charge in [-0.25, -0.2) is 9.37 Å². The van der Waals surface area contributed by atoms with Crippen molar-refractivity contribution in [3.8, 4) is 0 Å². The van der Waals surface area contributed by atoms with Gasteiger partial charge in [0.15, 0.2) is 5.16 Å². The summed E-state index contributed by atoms with van der Waals surface area (Å²) in [6.45, 7) is 0.231. The molecular weight excluding hydrogens is 401 g/mol. The number of fused-ring (bicyclic) bond motifs is 1. The number of thioether (sulfide) groups is 1. The van der Waals surface area contributed by atoms with Gasteiger partial charge in [-0.3, -0.25) is 14.2 Å². The highest BCUT2D eigenvalue weighted by Gasteiger charge is 2.15. The number of aromatic nitrogens is 2. The number of anilines is 1. The number of hydrogen-bond acceptors (Lipinski definition) is 6. The maximum atomic E-state index is 13.0. The highest BCUT2D eigenvalue weighted by Crippen LogP contribution is 2.22. The van der Waals surface area contributed by atoms with Crippen LogP contribution in [0, 0.1) is 5.82 Å². The van der Waals surface area contributed by atoms with Crippen molar-refractivity contribution in [2.75, 3.05) is 11.1 Å². The Morgan fingerprint density at radius 1 is 1.25 bits per heavy atom. The third-order valence-electron chi connectivity index (χ3n) is 3.89. The van der Waals surface area contributed by atoms with E-state index in [1.54, 1.807) is 24.5 Å². The van der Waals surface area contributed by atoms with Crippen LogP contribution in [0.15, 0.2) is 68.5 Å². The fourth-order valence-corrected chi connectivity index (χ4v) is 4.17. The molecule has 0 atom stereocenters. The van der Waals surface area contributed by atoms with Crippen LogP contribution in [0.25, 0.3) is 10.2 Å². The second-order valence-electron chi connectivity index (χ2n) is 5.84. The molecule has 4 rings (SSSR count). The van der Waals surface area contributed by atoms with Gasteiger partial charge < -0.3 is 9.73 Å². The van der Waals surface area contributed by atoms with Crippen molar-refractivity contribution in [1.82, 2.24) is 9.55 Å². The van der Waals surface area contributed by atoms with Crippen molar-refractivity contribution in [3.63, 3.8) is 0 Å². The van der Waals surface area contributed by atoms with Crippen LogP contribution in [0.1, 0.15) is 5.76 Å². The Bertz CT molecular complexity index is 1170. The maximum absolute atomic E-state index is 13.0. The van der Waals surface area contributed by atoms with Crippen LogP contribution in [0.5, 0.6) is 0 Å². The zero-order valence-electron chi connectivity index (χ0n) is 14.4. The van der Waals surface area contributed by atoms with Gasteiger partial charge in [0, 0.05) is 5.69 Å². The van der Waals surface area contributed by atoms with E-state index in [1.807, 2.05) is 5.38 Å². The Balaban J connectivity index is 1.55. The molecule has 1 N–H and O–H groups in total. The monoisotopic (exact) mass is 415 g/mol. The molecule has 0 fully saturated rings. The topological polar surface area (TPSA) is 77.1 Å². The zero-order chi connectivity index (χ0) is 19.5. The predicted octanol–water partition coefficient (Wildman–Crippen LogP) is 3.97. The minimum Gasteiger partial charge on any atom is -0.467 e. The molecule has 0 bridgehead atoms. The molecule has 142 valence electrons. The first-order valence-corrected chi connectivity index (χ1v) is 10.2. The van der Waals surface area contributed by atoms with E-state index in [4.69, 9.17) is 4.42 Å². The van der Waals surface area contributed by atoms with Gasteiger partial charge >= 0.3 is 0 Å². The summed E-state index contributed by atoms with van der Waals surface area (Å²) in [4.78, 5) is 29.6. The van der Waals surface area contributed by atoms with E-state index < -0.39 is 0 Å². The number of thiophene rings is 1. The summed E-state index contributed by atoms with van der Waals surface area (Å²) in [6, 6.07) is 10.8. The molecule has 3 heterocycles. The molecule has 9 heteroatoms. The molecule has 0 spiro atoms. The van der Waals surface area contributed by atoms with Crippen LogP contribution >= 0.6 is 23.1 Å². The largest absolute Gasteiger partial charge is 0.467 e. The quantitative estimate of drug-likeness (QED) is 0.381. The highest BCUT2D eigenvalue weighted by atomic mass is 32.2. The first kappa shape index (κ1) is 18.5. The Hall–Kier alpha value is -2.91. The van der Waals surface area contributed by atoms with Crippen molar-refractivity contribution in [3.05, 3.63) is 76.0 Å². The Kier molecular flexibility index (Phi) is 5.27. The highest BCUT2D eigenvalue weighted by molar-refractivity contribution is 7.99. The van der Waals surface area contributed by atoms with Gasteiger partial charge in [0.1, 0.15) is 16.3 Å². The molecule has 0 unspecified atom stereocenters. The third kappa shape index (κ3) is 4.00. The molecule has 6 nitrogen and oxygen atoms in total. The molecule has 0 aliphatic rings. The number of rotatable bonds is 6. The summed E-state index contributed by atoms with van der Waals surface area (Å²) in [7, 11) is 0. The molecule has 0 saturated heterocycles. The van der Waals surface area contributed by atoms with Gasteiger partial charge in [0.05, 0.1) is 24.1 Å². The van der Waals surface area contributed by atoms with Crippen molar-refractivity contribution >= 4 is 44.9 Å². The van der Waals surface area contributed by atoms with Crippen LogP contribution in [-0.4, -0.2) is 21.2 Å². The molecule has 4 aromatic rings. The fourth-order valence-electron chi connectivity index (χ4n) is 2.59. The molecule has 0 aliphatic heterocycles. The van der Waals surface area contributed by atoms with E-state index in [1.165, 1.54) is 40.2 Å². The zero-order valence-corrected chi connectivity index (χ0v) is 16.1. The number of halogens is 1. The summed E-state index contributed by atoms with van der Waals surface area (Å²) in [5.41, 5.74) is 0.936. The molecule has 1 aromatic carbocycles. The lowest BCUT2D eigenvalue weighted by molar-refractivity contribution is -0.113. The summed E-state index contributed by atoms with van der Waals surface area (Å²) < 4.78 is 20.4. The first-order chi connectivity index (χ1) is 13.6. The summed E-state index contributed by atoms with van der Waals surface area (Å²) in [6.07, 6.45) is 1.54. The van der Waals surface area contributed by atoms with Crippen LogP contribution in [0.3, 0.4) is 0 Å². The Labute approximate surface area is 167 Å². The van der Waals surface area contributed by atoms with Crippen LogP contribution in [0.4, 0.5) is 10.1 Å². The number of amides is 1. The van der Waals surface area contributed by atoms with Crippen molar-refractivity contribution < 1.29 is 13.6 Å². The second-order valence-corrected chi connectivity index (χ2v) is 7.70. The minimum atomic E-state index is -0.373. The lowest BCUT2D eigenvalue weighted by Crippen LogP contribution is -2.24. The average Bonchev–Trinajstić information content (AvgIpc) is 3.36. The van der Waals surface area contributed by atoms with E-state index >= 15 is 0 Å². The van der Waals surface area contributed by atoms with E-state index in [9.17, 15) is 14.0 Å². The SMILES string of the molecule is O=C(CSc1nc2ccsc2c(=O)n1Cc1ccco1)Nc1ccc(F)cc1. The van der Waals surface area contributed by atoms with Crippen molar-refractivity contribution in [2.45, 2.75) is 11.7 Å². The number of carbonyl (C=O) groups excluding carboxylic acids is 1. The first-order valence-electron chi connectivity index (χ1n) is 8.29.